The predicted molar refractivity (Wildman–Crippen MR) is 123 cm³/mol. The monoisotopic (exact) mass is 447 g/mol. The van der Waals surface area contributed by atoms with Crippen LogP contribution in [0.2, 0.25) is 5.02 Å². The molecule has 1 heterocycles. The molecule has 1 atom stereocenters. The van der Waals surface area contributed by atoms with Crippen LogP contribution < -0.4 is 16.0 Å². The van der Waals surface area contributed by atoms with E-state index in [2.05, 4.69) is 52.4 Å². The molecule has 0 amide bonds. The molecule has 0 aromatic heterocycles. The molecule has 0 bridgehead atoms. The summed E-state index contributed by atoms with van der Waals surface area (Å²) >= 11 is 6.03. The number of rotatable bonds is 4. The number of allylic oxidation sites excluding steroid dienone is 4. The van der Waals surface area contributed by atoms with E-state index in [4.69, 9.17) is 11.6 Å². The van der Waals surface area contributed by atoms with Gasteiger partial charge in [0.05, 0.1) is 22.0 Å². The molecule has 3 nitrogen and oxygen atoms in total. The Labute approximate surface area is 185 Å². The molecule has 0 saturated carbocycles. The van der Waals surface area contributed by atoms with Crippen LogP contribution in [0.15, 0.2) is 72.3 Å². The number of anilines is 2. The van der Waals surface area contributed by atoms with Gasteiger partial charge in [-0.1, -0.05) is 80.1 Å². The molecule has 7 heteroatoms. The van der Waals surface area contributed by atoms with Gasteiger partial charge in [0.2, 0.25) is 0 Å². The van der Waals surface area contributed by atoms with Gasteiger partial charge in [0.25, 0.3) is 0 Å². The fourth-order valence-electron chi connectivity index (χ4n) is 3.33. The molecule has 0 saturated heterocycles. The number of nitrogens with one attached hydrogen (secondary N) is 3. The van der Waals surface area contributed by atoms with Crippen molar-refractivity contribution in [1.29, 1.82) is 0 Å². The molecule has 2 aromatic rings. The highest BCUT2D eigenvalue weighted by molar-refractivity contribution is 6.34. The van der Waals surface area contributed by atoms with Crippen LogP contribution in [0.4, 0.5) is 24.5 Å². The summed E-state index contributed by atoms with van der Waals surface area (Å²) in [5, 5.41) is 9.39. The lowest BCUT2D eigenvalue weighted by Crippen LogP contribution is -2.39. The van der Waals surface area contributed by atoms with Gasteiger partial charge in [-0.15, -0.1) is 0 Å². The van der Waals surface area contributed by atoms with Gasteiger partial charge in [-0.25, -0.2) is 0 Å². The molecule has 0 radical (unpaired) electrons. The Kier molecular flexibility index (Phi) is 7.46. The van der Waals surface area contributed by atoms with Crippen molar-refractivity contribution in [1.82, 2.24) is 5.32 Å². The van der Waals surface area contributed by atoms with Crippen molar-refractivity contribution in [3.05, 3.63) is 88.5 Å². The minimum Gasteiger partial charge on any atom is -0.351 e. The van der Waals surface area contributed by atoms with E-state index in [1.54, 1.807) is 0 Å². The smallest absolute Gasteiger partial charge is 0.351 e. The van der Waals surface area contributed by atoms with Gasteiger partial charge in [0.1, 0.15) is 0 Å². The molecule has 3 N–H and O–H groups in total. The van der Waals surface area contributed by atoms with Gasteiger partial charge in [0, 0.05) is 6.54 Å². The van der Waals surface area contributed by atoms with Crippen LogP contribution in [0.25, 0.3) is 5.57 Å². The summed E-state index contributed by atoms with van der Waals surface area (Å²) in [7, 11) is 0. The standard InChI is InChI=1S/C22H19ClF3N3.C2H6/c23-18-11-17(22(24,25)26)12-19-20(18)29-21(28-19)27-13-14-5-4-8-16(10-9-14)15-6-2-1-3-7-15;1-2/h1-3,5-12,21,27-29H,4,13H2;1-2H3. The maximum Gasteiger partial charge on any atom is 0.416 e. The van der Waals surface area contributed by atoms with Crippen LogP contribution in [-0.4, -0.2) is 12.8 Å². The number of alkyl halides is 3. The first kappa shape index (κ1) is 23.0. The van der Waals surface area contributed by atoms with Crippen molar-refractivity contribution in [3.8, 4) is 0 Å². The molecule has 0 spiro atoms. The molecule has 1 aliphatic heterocycles. The average Bonchev–Trinajstić information content (AvgIpc) is 3.04. The van der Waals surface area contributed by atoms with E-state index in [0.29, 0.717) is 17.9 Å². The number of benzene rings is 2. The van der Waals surface area contributed by atoms with Crippen molar-refractivity contribution in [2.24, 2.45) is 0 Å². The molecule has 0 fully saturated rings. The molecule has 2 aromatic carbocycles. The number of fused-ring (bicyclic) bond motifs is 1. The first-order chi connectivity index (χ1) is 14.9. The number of hydrogen-bond donors (Lipinski definition) is 3. The van der Waals surface area contributed by atoms with Crippen molar-refractivity contribution in [2.45, 2.75) is 32.7 Å². The van der Waals surface area contributed by atoms with Gasteiger partial charge in [0.15, 0.2) is 6.29 Å². The Bertz CT molecular complexity index is 995. The van der Waals surface area contributed by atoms with Crippen LogP contribution in [-0.2, 0) is 6.18 Å². The lowest BCUT2D eigenvalue weighted by molar-refractivity contribution is -0.137. The maximum absolute atomic E-state index is 13.0. The van der Waals surface area contributed by atoms with Gasteiger partial charge >= 0.3 is 6.18 Å². The van der Waals surface area contributed by atoms with E-state index in [9.17, 15) is 13.2 Å². The predicted octanol–water partition coefficient (Wildman–Crippen LogP) is 7.07. The fraction of sp³-hybridized carbons (Fsp3) is 0.250. The zero-order valence-corrected chi connectivity index (χ0v) is 18.1. The van der Waals surface area contributed by atoms with Gasteiger partial charge in [-0.2, -0.15) is 13.2 Å². The fourth-order valence-corrected chi connectivity index (χ4v) is 3.61. The third-order valence-corrected chi connectivity index (χ3v) is 5.12. The van der Waals surface area contributed by atoms with Crippen molar-refractivity contribution >= 4 is 28.5 Å². The molecule has 2 aliphatic rings. The van der Waals surface area contributed by atoms with Crippen LogP contribution in [0.5, 0.6) is 0 Å². The summed E-state index contributed by atoms with van der Waals surface area (Å²) in [5.41, 5.74) is 3.44. The van der Waals surface area contributed by atoms with E-state index in [0.717, 1.165) is 35.3 Å². The first-order valence-corrected chi connectivity index (χ1v) is 10.6. The quantitative estimate of drug-likeness (QED) is 0.469. The van der Waals surface area contributed by atoms with E-state index < -0.39 is 18.0 Å². The second-order valence-electron chi connectivity index (χ2n) is 6.85. The number of hydrogen-bond acceptors (Lipinski definition) is 3. The zero-order chi connectivity index (χ0) is 22.4. The summed E-state index contributed by atoms with van der Waals surface area (Å²) in [6.07, 6.45) is 4.37. The van der Waals surface area contributed by atoms with Gasteiger partial charge in [-0.05, 0) is 35.3 Å². The molecule has 31 heavy (non-hydrogen) atoms. The normalized spacial score (nSPS) is 17.3. The molecular formula is C24H25ClF3N3. The Morgan fingerprint density at radius 2 is 1.77 bits per heavy atom. The molecule has 1 unspecified atom stereocenters. The number of halogens is 4. The van der Waals surface area contributed by atoms with E-state index in [1.807, 2.05) is 32.0 Å². The topological polar surface area (TPSA) is 36.1 Å². The van der Waals surface area contributed by atoms with E-state index in [-0.39, 0.29) is 5.02 Å². The molecule has 164 valence electrons. The molecular weight excluding hydrogens is 423 g/mol. The van der Waals surface area contributed by atoms with Crippen LogP contribution in [0, 0.1) is 0 Å². The summed E-state index contributed by atoms with van der Waals surface area (Å²) < 4.78 is 38.9. The lowest BCUT2D eigenvalue weighted by atomic mass is 10.1. The summed E-state index contributed by atoms with van der Waals surface area (Å²) in [6.45, 7) is 4.55. The Morgan fingerprint density at radius 3 is 2.48 bits per heavy atom. The van der Waals surface area contributed by atoms with Gasteiger partial charge in [-0.3, -0.25) is 5.32 Å². The van der Waals surface area contributed by atoms with Crippen LogP contribution in [0.3, 0.4) is 0 Å². The minimum absolute atomic E-state index is 0.0388. The van der Waals surface area contributed by atoms with Crippen molar-refractivity contribution in [3.63, 3.8) is 0 Å². The van der Waals surface area contributed by atoms with E-state index >= 15 is 0 Å². The highest BCUT2D eigenvalue weighted by Gasteiger charge is 2.34. The Morgan fingerprint density at radius 1 is 1.03 bits per heavy atom. The maximum atomic E-state index is 13.0. The van der Waals surface area contributed by atoms with Crippen molar-refractivity contribution < 1.29 is 13.2 Å². The van der Waals surface area contributed by atoms with Crippen molar-refractivity contribution in [2.75, 3.05) is 17.2 Å². The highest BCUT2D eigenvalue weighted by Crippen LogP contribution is 2.41. The second-order valence-corrected chi connectivity index (χ2v) is 7.26. The molecule has 1 aliphatic carbocycles. The molecule has 4 rings (SSSR count). The van der Waals surface area contributed by atoms with E-state index in [1.165, 1.54) is 0 Å². The van der Waals surface area contributed by atoms with Crippen LogP contribution >= 0.6 is 11.6 Å². The SMILES string of the molecule is CC.FC(F)(F)c1cc(Cl)c2c(c1)NC(NCC1=CCC=C(c3ccccc3)C=C1)N2. The van der Waals surface area contributed by atoms with Crippen LogP contribution in [0.1, 0.15) is 31.4 Å². The van der Waals surface area contributed by atoms with Gasteiger partial charge < -0.3 is 10.6 Å². The first-order valence-electron chi connectivity index (χ1n) is 10.2. The largest absolute Gasteiger partial charge is 0.416 e. The summed E-state index contributed by atoms with van der Waals surface area (Å²) in [4.78, 5) is 0. The second kappa shape index (κ2) is 10.1. The third kappa shape index (κ3) is 5.71. The Balaban J connectivity index is 0.00000132. The summed E-state index contributed by atoms with van der Waals surface area (Å²) in [5.74, 6) is 0. The minimum atomic E-state index is -4.44. The third-order valence-electron chi connectivity index (χ3n) is 4.82. The average molecular weight is 448 g/mol. The Hall–Kier alpha value is -2.70. The lowest BCUT2D eigenvalue weighted by Gasteiger charge is -2.15. The highest BCUT2D eigenvalue weighted by atomic mass is 35.5. The summed E-state index contributed by atoms with van der Waals surface area (Å²) in [6, 6.07) is 12.2. The zero-order valence-electron chi connectivity index (χ0n) is 17.4.